The highest BCUT2D eigenvalue weighted by Gasteiger charge is 2.13. The van der Waals surface area contributed by atoms with Crippen molar-refractivity contribution in [2.75, 3.05) is 19.8 Å². The number of carbonyl (C=O) groups excluding carboxylic acids is 1. The van der Waals surface area contributed by atoms with Crippen LogP contribution in [0.1, 0.15) is 45.1 Å². The van der Waals surface area contributed by atoms with Gasteiger partial charge in [0.05, 0.1) is 11.6 Å². The average Bonchev–Trinajstić information content (AvgIpc) is 2.78. The first-order valence-electron chi connectivity index (χ1n) is 11.0. The highest BCUT2D eigenvalue weighted by atomic mass is 35.5. The maximum absolute atomic E-state index is 11.2. The quantitative estimate of drug-likeness (QED) is 0.379. The number of ether oxygens (including phenoxy) is 4. The molecule has 0 radical (unpaired) electrons. The van der Waals surface area contributed by atoms with E-state index in [1.54, 1.807) is 37.4 Å². The lowest BCUT2D eigenvalue weighted by Gasteiger charge is -2.22. The van der Waals surface area contributed by atoms with Crippen molar-refractivity contribution in [3.8, 4) is 17.4 Å². The van der Waals surface area contributed by atoms with Crippen LogP contribution in [0, 0.1) is 5.92 Å². The molecule has 2 heterocycles. The van der Waals surface area contributed by atoms with Crippen LogP contribution in [-0.4, -0.2) is 36.9 Å². The van der Waals surface area contributed by atoms with Gasteiger partial charge >= 0.3 is 0 Å². The molecule has 1 aromatic carbocycles. The van der Waals surface area contributed by atoms with Crippen LogP contribution in [0.15, 0.2) is 42.6 Å². The van der Waals surface area contributed by atoms with Crippen molar-refractivity contribution in [2.45, 2.75) is 45.8 Å². The van der Waals surface area contributed by atoms with Crippen LogP contribution in [0.5, 0.6) is 17.4 Å². The van der Waals surface area contributed by atoms with Crippen molar-refractivity contribution in [3.63, 3.8) is 0 Å². The van der Waals surface area contributed by atoms with E-state index in [0.717, 1.165) is 31.4 Å². The molecule has 1 aliphatic heterocycles. The summed E-state index contributed by atoms with van der Waals surface area (Å²) in [6, 6.07) is 8.94. The Morgan fingerprint density at radius 2 is 2.16 bits per heavy atom. The molecule has 1 aromatic heterocycles. The summed E-state index contributed by atoms with van der Waals surface area (Å²) in [5.74, 6) is 1.95. The van der Waals surface area contributed by atoms with Crippen molar-refractivity contribution in [1.82, 2.24) is 4.98 Å². The number of benzene rings is 1. The maximum Gasteiger partial charge on any atom is 0.219 e. The zero-order valence-corrected chi connectivity index (χ0v) is 19.3. The zero-order chi connectivity index (χ0) is 22.8. The molecule has 0 amide bonds. The monoisotopic (exact) mass is 459 g/mol. The van der Waals surface area contributed by atoms with Gasteiger partial charge in [-0.1, -0.05) is 30.7 Å². The first-order valence-corrected chi connectivity index (χ1v) is 11.3. The standard InChI is InChI=1S/C25H30ClNO5/c1-18(15-19(2)28)6-7-20-8-11-24(27-17-20)32-23-10-9-21(16-22(23)26)29-13-14-31-25-5-3-4-12-30-25/h6-11,16-18,25H,3-5,12-15H2,1-2H3/b7-6+/t18-,25?/m0/s1. The third-order valence-electron chi connectivity index (χ3n) is 4.90. The minimum Gasteiger partial charge on any atom is -0.491 e. The highest BCUT2D eigenvalue weighted by molar-refractivity contribution is 6.32. The van der Waals surface area contributed by atoms with Gasteiger partial charge in [0.1, 0.15) is 23.9 Å². The number of hydrogen-bond acceptors (Lipinski definition) is 6. The van der Waals surface area contributed by atoms with Crippen LogP contribution in [0.3, 0.4) is 0 Å². The Bertz CT molecular complexity index is 894. The van der Waals surface area contributed by atoms with E-state index in [4.69, 9.17) is 30.5 Å². The summed E-state index contributed by atoms with van der Waals surface area (Å²) in [7, 11) is 0. The molecule has 2 aromatic rings. The SMILES string of the molecule is CC(=O)C[C@@H](C)/C=C/c1ccc(Oc2ccc(OCCOC3CCCCO3)cc2Cl)nc1. The molecule has 1 aliphatic rings. The summed E-state index contributed by atoms with van der Waals surface area (Å²) in [6.07, 6.45) is 9.25. The van der Waals surface area contributed by atoms with Crippen LogP contribution in [-0.2, 0) is 14.3 Å². The Kier molecular flexibility index (Phi) is 9.53. The molecule has 172 valence electrons. The van der Waals surface area contributed by atoms with Crippen LogP contribution >= 0.6 is 11.6 Å². The molecule has 2 atom stereocenters. The lowest BCUT2D eigenvalue weighted by molar-refractivity contribution is -0.165. The molecule has 0 bridgehead atoms. The topological polar surface area (TPSA) is 66.9 Å². The van der Waals surface area contributed by atoms with Gasteiger partial charge in [-0.2, -0.15) is 0 Å². The van der Waals surface area contributed by atoms with E-state index in [0.29, 0.717) is 42.0 Å². The lowest BCUT2D eigenvalue weighted by Crippen LogP contribution is -2.24. The Morgan fingerprint density at radius 1 is 1.28 bits per heavy atom. The highest BCUT2D eigenvalue weighted by Crippen LogP contribution is 2.32. The van der Waals surface area contributed by atoms with Gasteiger partial charge in [-0.15, -0.1) is 0 Å². The summed E-state index contributed by atoms with van der Waals surface area (Å²) < 4.78 is 22.7. The van der Waals surface area contributed by atoms with Gasteiger partial charge in [0.25, 0.3) is 0 Å². The number of hydrogen-bond donors (Lipinski definition) is 0. The molecule has 1 unspecified atom stereocenters. The molecule has 1 saturated heterocycles. The van der Waals surface area contributed by atoms with E-state index in [-0.39, 0.29) is 18.0 Å². The second-order valence-electron chi connectivity index (χ2n) is 7.88. The molecular formula is C25H30ClNO5. The smallest absolute Gasteiger partial charge is 0.219 e. The number of Topliss-reactive ketones (excluding diaryl/α,β-unsaturated/α-hetero) is 1. The molecule has 0 aliphatic carbocycles. The van der Waals surface area contributed by atoms with Gasteiger partial charge in [0, 0.05) is 31.4 Å². The number of allylic oxidation sites excluding steroid dienone is 1. The van der Waals surface area contributed by atoms with Gasteiger partial charge in [0.2, 0.25) is 5.88 Å². The number of ketones is 1. The molecule has 3 rings (SSSR count). The Labute approximate surface area is 194 Å². The number of pyridine rings is 1. The fourth-order valence-corrected chi connectivity index (χ4v) is 3.51. The van der Waals surface area contributed by atoms with E-state index in [9.17, 15) is 4.79 Å². The number of carbonyl (C=O) groups is 1. The van der Waals surface area contributed by atoms with E-state index in [1.807, 2.05) is 25.1 Å². The normalized spacial score (nSPS) is 17.3. The van der Waals surface area contributed by atoms with Gasteiger partial charge in [-0.3, -0.25) is 0 Å². The molecule has 0 saturated carbocycles. The van der Waals surface area contributed by atoms with Crippen LogP contribution in [0.4, 0.5) is 0 Å². The van der Waals surface area contributed by atoms with E-state index >= 15 is 0 Å². The summed E-state index contributed by atoms with van der Waals surface area (Å²) in [6.45, 7) is 5.24. The van der Waals surface area contributed by atoms with Crippen molar-refractivity contribution in [3.05, 3.63) is 53.2 Å². The summed E-state index contributed by atoms with van der Waals surface area (Å²) in [4.78, 5) is 15.5. The van der Waals surface area contributed by atoms with Gasteiger partial charge in [0.15, 0.2) is 6.29 Å². The number of nitrogens with zero attached hydrogens (tertiary/aromatic N) is 1. The molecule has 6 nitrogen and oxygen atoms in total. The zero-order valence-electron chi connectivity index (χ0n) is 18.6. The Balaban J connectivity index is 1.46. The van der Waals surface area contributed by atoms with Crippen LogP contribution in [0.2, 0.25) is 5.02 Å². The van der Waals surface area contributed by atoms with E-state index < -0.39 is 0 Å². The maximum atomic E-state index is 11.2. The van der Waals surface area contributed by atoms with Crippen LogP contribution < -0.4 is 9.47 Å². The van der Waals surface area contributed by atoms with Crippen molar-refractivity contribution >= 4 is 23.5 Å². The van der Waals surface area contributed by atoms with Crippen molar-refractivity contribution < 1.29 is 23.7 Å². The Morgan fingerprint density at radius 3 is 2.84 bits per heavy atom. The van der Waals surface area contributed by atoms with E-state index in [1.165, 1.54) is 0 Å². The lowest BCUT2D eigenvalue weighted by atomic mass is 10.0. The van der Waals surface area contributed by atoms with Gasteiger partial charge < -0.3 is 23.7 Å². The minimum atomic E-state index is -0.120. The second-order valence-corrected chi connectivity index (χ2v) is 8.29. The average molecular weight is 460 g/mol. The third-order valence-corrected chi connectivity index (χ3v) is 5.19. The second kappa shape index (κ2) is 12.6. The molecule has 7 heteroatoms. The number of halogens is 1. The Hall–Kier alpha value is -2.41. The number of aromatic nitrogens is 1. The van der Waals surface area contributed by atoms with Gasteiger partial charge in [-0.05, 0) is 55.9 Å². The first kappa shape index (κ1) is 24.2. The summed E-state index contributed by atoms with van der Waals surface area (Å²) >= 11 is 6.35. The fourth-order valence-electron chi connectivity index (χ4n) is 3.30. The van der Waals surface area contributed by atoms with E-state index in [2.05, 4.69) is 4.98 Å². The molecule has 0 N–H and O–H groups in total. The number of rotatable bonds is 11. The first-order chi connectivity index (χ1) is 15.5. The van der Waals surface area contributed by atoms with Crippen molar-refractivity contribution in [1.29, 1.82) is 0 Å². The third kappa shape index (κ3) is 8.26. The molecule has 1 fully saturated rings. The largest absolute Gasteiger partial charge is 0.491 e. The molecule has 32 heavy (non-hydrogen) atoms. The van der Waals surface area contributed by atoms with Crippen LogP contribution in [0.25, 0.3) is 6.08 Å². The summed E-state index contributed by atoms with van der Waals surface area (Å²) in [5, 5.41) is 0.433. The summed E-state index contributed by atoms with van der Waals surface area (Å²) in [5.41, 5.74) is 0.934. The predicted molar refractivity (Wildman–Crippen MR) is 124 cm³/mol. The fraction of sp³-hybridized carbons (Fsp3) is 0.440. The van der Waals surface area contributed by atoms with Crippen molar-refractivity contribution in [2.24, 2.45) is 5.92 Å². The molecule has 0 spiro atoms. The molecular weight excluding hydrogens is 430 g/mol. The predicted octanol–water partition coefficient (Wildman–Crippen LogP) is 6.08. The minimum absolute atomic E-state index is 0.120. The van der Waals surface area contributed by atoms with Gasteiger partial charge in [-0.25, -0.2) is 4.98 Å².